The van der Waals surface area contributed by atoms with Gasteiger partial charge in [-0.3, -0.25) is 43.3 Å². The maximum atomic E-state index is 15.0. The lowest BCUT2D eigenvalue weighted by atomic mass is 9.98. The number of para-hydroxylation sites is 1. The molecule has 0 saturated carbocycles. The van der Waals surface area contributed by atoms with Gasteiger partial charge < -0.3 is 75.2 Å². The Morgan fingerprint density at radius 2 is 1.34 bits per heavy atom. The Kier molecular flexibility index (Phi) is 21.8. The van der Waals surface area contributed by atoms with Crippen LogP contribution in [0.4, 0.5) is 0 Å². The van der Waals surface area contributed by atoms with E-state index in [1.807, 2.05) is 24.3 Å². The van der Waals surface area contributed by atoms with E-state index in [4.69, 9.17) is 22.9 Å². The predicted molar refractivity (Wildman–Crippen MR) is 301 cm³/mol. The Hall–Kier alpha value is -7.94. The fourth-order valence-electron chi connectivity index (χ4n) is 8.66. The first kappa shape index (κ1) is 60.3. The first-order chi connectivity index (χ1) is 37.7. The molecule has 0 bridgehead atoms. The molecule has 6 rings (SSSR count). The molecule has 0 unspecified atom stereocenters. The third-order valence-electron chi connectivity index (χ3n) is 12.9. The molecule has 18 N–H and O–H groups in total. The van der Waals surface area contributed by atoms with Crippen molar-refractivity contribution in [2.75, 3.05) is 12.3 Å². The summed E-state index contributed by atoms with van der Waals surface area (Å²) in [5, 5.41) is 30.4. The number of nitrogens with zero attached hydrogens (tertiary/aromatic N) is 2. The van der Waals surface area contributed by atoms with Crippen LogP contribution < -0.4 is 60.2 Å². The molecule has 0 radical (unpaired) electrons. The number of hydrogen-bond acceptors (Lipinski definition) is 14. The van der Waals surface area contributed by atoms with Gasteiger partial charge in [-0.05, 0) is 62.8 Å². The van der Waals surface area contributed by atoms with E-state index in [-0.39, 0.29) is 56.8 Å². The largest absolute Gasteiger partial charge is 0.391 e. The number of hydrogen-bond donors (Lipinski definition) is 14. The Bertz CT molecular complexity index is 2920. The van der Waals surface area contributed by atoms with E-state index < -0.39 is 106 Å². The zero-order chi connectivity index (χ0) is 57.2. The molecule has 8 amide bonds. The van der Waals surface area contributed by atoms with Crippen molar-refractivity contribution in [1.82, 2.24) is 52.2 Å². The molecule has 24 nitrogen and oxygen atoms in total. The number of nitrogens with one attached hydrogen (secondary N) is 9. The highest BCUT2D eigenvalue weighted by molar-refractivity contribution is 8.77. The van der Waals surface area contributed by atoms with Gasteiger partial charge in [0.15, 0.2) is 5.96 Å². The molecule has 9 atom stereocenters. The standard InChI is InChI=1S/C53H69N15O9S2/c1-29(69)42(44(55)70)67-51(77)43-53(2,3)79-78-27-41(66-45(71)35(54)21-30-13-6-4-7-14-30)50(76)65-40(24-33-26-58-28-61-33)48(74)63-38(22-31-15-8-5-9-16-31)47(73)62-37(19-12-20-59-52(56)57)46(72)64-39(49(75)68-43)23-32-25-60-36-18-11-10-17-34(32)36/h4-11,13-18,25-26,28-29,35,37-43,60,69H,12,19-24,27,54H2,1-3H3,(H2,55,70)(H,58,61)(H,62,73)(H,63,74)(H,64,72)(H,65,76)(H,66,71)(H,67,77)(H,68,75)(H4,56,57,59)/t29-,35-,37+,38-,39+,40+,41+,42+,43-/m1/s1. The molecular weight excluding hydrogens is 1050 g/mol. The molecule has 3 aromatic carbocycles. The van der Waals surface area contributed by atoms with Crippen LogP contribution >= 0.6 is 21.6 Å². The van der Waals surface area contributed by atoms with Crippen molar-refractivity contribution in [3.05, 3.63) is 126 Å². The Labute approximate surface area is 464 Å². The smallest absolute Gasteiger partial charge is 0.244 e. The number of amides is 8. The number of rotatable bonds is 18. The topological polar surface area (TPSA) is 402 Å². The van der Waals surface area contributed by atoms with Crippen LogP contribution in [-0.4, -0.2) is 145 Å². The van der Waals surface area contributed by atoms with E-state index in [1.165, 1.54) is 19.4 Å². The minimum Gasteiger partial charge on any atom is -0.391 e. The van der Waals surface area contributed by atoms with Gasteiger partial charge in [0.05, 0.1) is 18.5 Å². The number of aromatic amines is 2. The molecule has 0 aliphatic carbocycles. The first-order valence-electron chi connectivity index (χ1n) is 25.5. The predicted octanol–water partition coefficient (Wildman–Crippen LogP) is -1.02. The number of carbonyl (C=O) groups is 8. The van der Waals surface area contributed by atoms with E-state index in [2.05, 4.69) is 57.2 Å². The van der Waals surface area contributed by atoms with Gasteiger partial charge in [-0.25, -0.2) is 4.98 Å². The molecule has 26 heteroatoms. The van der Waals surface area contributed by atoms with Crippen molar-refractivity contribution in [2.45, 2.75) is 118 Å². The third-order valence-corrected chi connectivity index (χ3v) is 16.2. The van der Waals surface area contributed by atoms with Crippen molar-refractivity contribution in [2.24, 2.45) is 27.9 Å². The summed E-state index contributed by atoms with van der Waals surface area (Å²) in [6, 6.07) is 13.6. The SMILES string of the molecule is C[C@@H](O)[C@H](NC(=O)[C@H]1NC(=O)[C@H](Cc2c[nH]c3ccccc23)NC(=O)[C@H](CCCN=C(N)N)NC(=O)[C@@H](Cc2ccccc2)NC(=O)[C@H](Cc2cnc[nH]2)NC(=O)[C@@H](NC(=O)[C@H](N)Cc2ccccc2)CSSC1(C)C)C(N)=O. The molecule has 2 aromatic heterocycles. The Balaban J connectivity index is 1.46. The van der Waals surface area contributed by atoms with Crippen LogP contribution in [0.15, 0.2) is 109 Å². The van der Waals surface area contributed by atoms with Crippen molar-refractivity contribution in [3.63, 3.8) is 0 Å². The second-order valence-corrected chi connectivity index (χ2v) is 22.6. The minimum absolute atomic E-state index is 0.0428. The van der Waals surface area contributed by atoms with Gasteiger partial charge in [-0.1, -0.05) is 100 Å². The maximum Gasteiger partial charge on any atom is 0.244 e. The molecule has 0 spiro atoms. The number of aliphatic hydroxyl groups is 1. The third kappa shape index (κ3) is 17.8. The number of nitrogens with two attached hydrogens (primary N) is 4. The summed E-state index contributed by atoms with van der Waals surface area (Å²) in [7, 11) is 2.04. The summed E-state index contributed by atoms with van der Waals surface area (Å²) in [6.07, 6.45) is 2.82. The van der Waals surface area contributed by atoms with E-state index >= 15 is 4.79 Å². The number of primary amides is 1. The number of aliphatic imine (C=N–C) groups is 1. The summed E-state index contributed by atoms with van der Waals surface area (Å²) < 4.78 is -1.39. The van der Waals surface area contributed by atoms with Crippen LogP contribution in [0.2, 0.25) is 0 Å². The van der Waals surface area contributed by atoms with Crippen LogP contribution in [0, 0.1) is 0 Å². The van der Waals surface area contributed by atoms with Crippen molar-refractivity contribution < 1.29 is 43.5 Å². The van der Waals surface area contributed by atoms with Gasteiger partial charge in [-0.15, -0.1) is 0 Å². The van der Waals surface area contributed by atoms with E-state index in [1.54, 1.807) is 80.7 Å². The van der Waals surface area contributed by atoms with Gasteiger partial charge in [0, 0.05) is 65.3 Å². The summed E-state index contributed by atoms with van der Waals surface area (Å²) in [6.45, 7) is 4.48. The molecule has 422 valence electrons. The number of guanidine groups is 1. The summed E-state index contributed by atoms with van der Waals surface area (Å²) >= 11 is 0. The molecule has 79 heavy (non-hydrogen) atoms. The zero-order valence-electron chi connectivity index (χ0n) is 43.9. The Morgan fingerprint density at radius 1 is 0.759 bits per heavy atom. The van der Waals surface area contributed by atoms with Crippen LogP contribution in [0.1, 0.15) is 56.0 Å². The monoisotopic (exact) mass is 1120 g/mol. The van der Waals surface area contributed by atoms with Crippen LogP contribution in [0.3, 0.4) is 0 Å². The van der Waals surface area contributed by atoms with Gasteiger partial charge in [-0.2, -0.15) is 0 Å². The lowest BCUT2D eigenvalue weighted by Gasteiger charge is -2.35. The molecular formula is C53H69N15O9S2. The highest BCUT2D eigenvalue weighted by Crippen LogP contribution is 2.39. The zero-order valence-corrected chi connectivity index (χ0v) is 45.5. The number of imidazole rings is 1. The van der Waals surface area contributed by atoms with E-state index in [0.717, 1.165) is 38.1 Å². The number of aliphatic hydroxyl groups excluding tert-OH is 1. The maximum absolute atomic E-state index is 15.0. The molecule has 1 aliphatic rings. The average Bonchev–Trinajstić information content (AvgIpc) is 4.11. The molecule has 3 heterocycles. The van der Waals surface area contributed by atoms with Gasteiger partial charge in [0.1, 0.15) is 42.3 Å². The second-order valence-electron chi connectivity index (χ2n) is 19.6. The minimum atomic E-state index is -1.61. The first-order valence-corrected chi connectivity index (χ1v) is 27.8. The van der Waals surface area contributed by atoms with Gasteiger partial charge >= 0.3 is 0 Å². The number of carbonyl (C=O) groups excluding carboxylic acids is 8. The second kappa shape index (κ2) is 28.6. The summed E-state index contributed by atoms with van der Waals surface area (Å²) in [5.41, 5.74) is 26.4. The lowest BCUT2D eigenvalue weighted by Crippen LogP contribution is -2.64. The van der Waals surface area contributed by atoms with E-state index in [9.17, 15) is 38.7 Å². The summed E-state index contributed by atoms with van der Waals surface area (Å²) in [4.78, 5) is 129. The fourth-order valence-corrected chi connectivity index (χ4v) is 11.5. The van der Waals surface area contributed by atoms with Gasteiger partial charge in [0.25, 0.3) is 0 Å². The van der Waals surface area contributed by atoms with Crippen molar-refractivity contribution in [3.8, 4) is 0 Å². The van der Waals surface area contributed by atoms with Crippen molar-refractivity contribution in [1.29, 1.82) is 0 Å². The number of fused-ring (bicyclic) bond motifs is 1. The normalized spacial score (nSPS) is 21.8. The van der Waals surface area contributed by atoms with Crippen molar-refractivity contribution >= 4 is 85.7 Å². The van der Waals surface area contributed by atoms with Crippen LogP contribution in [-0.2, 0) is 64.0 Å². The average molecular weight is 1120 g/mol. The lowest BCUT2D eigenvalue weighted by molar-refractivity contribution is -0.136. The molecule has 1 fully saturated rings. The Morgan fingerprint density at radius 3 is 1.97 bits per heavy atom. The van der Waals surface area contributed by atoms with Crippen LogP contribution in [0.25, 0.3) is 10.9 Å². The van der Waals surface area contributed by atoms with E-state index in [0.29, 0.717) is 16.8 Å². The highest BCUT2D eigenvalue weighted by Gasteiger charge is 2.42. The highest BCUT2D eigenvalue weighted by atomic mass is 33.1. The number of aromatic nitrogens is 3. The molecule has 1 saturated heterocycles. The molecule has 5 aromatic rings. The quantitative estimate of drug-likeness (QED) is 0.0216. The van der Waals surface area contributed by atoms with Crippen LogP contribution in [0.5, 0.6) is 0 Å². The van der Waals surface area contributed by atoms with Gasteiger partial charge in [0.2, 0.25) is 47.3 Å². The number of benzene rings is 3. The molecule has 1 aliphatic heterocycles. The summed E-state index contributed by atoms with van der Waals surface area (Å²) in [5.74, 6) is -7.31. The fraction of sp³-hybridized carbons (Fsp3) is 0.396. The number of H-pyrrole nitrogens is 2.